The number of methoxy groups -OCH3 is 2. The Morgan fingerprint density at radius 2 is 1.42 bits per heavy atom. The summed E-state index contributed by atoms with van der Waals surface area (Å²) in [5.74, 6) is 2.45. The third kappa shape index (κ3) is 5.02. The first-order valence-corrected chi connectivity index (χ1v) is 12.0. The summed E-state index contributed by atoms with van der Waals surface area (Å²) in [6.45, 7) is 2.58. The van der Waals surface area contributed by atoms with E-state index in [4.69, 9.17) is 9.47 Å². The smallest absolute Gasteiger partial charge is 0.321 e. The maximum atomic E-state index is 12.8. The van der Waals surface area contributed by atoms with Gasteiger partial charge in [-0.2, -0.15) is 5.10 Å². The van der Waals surface area contributed by atoms with Gasteiger partial charge in [-0.05, 0) is 42.0 Å². The fourth-order valence-corrected chi connectivity index (χ4v) is 4.44. The highest BCUT2D eigenvalue weighted by Crippen LogP contribution is 2.28. The van der Waals surface area contributed by atoms with Crippen LogP contribution in [0, 0.1) is 0 Å². The van der Waals surface area contributed by atoms with Crippen molar-refractivity contribution in [3.63, 3.8) is 0 Å². The standard InChI is InChI=1S/C28H29N5O3/c1-35-22-11-7-20(8-12-22)19-26-24-5-3-4-6-25(24)27(31-30-26)32-15-17-33(18-16-32)28(34)29-21-9-13-23(36-2)14-10-21/h3-14H,15-19H2,1-2H3,(H,29,34). The van der Waals surface area contributed by atoms with E-state index >= 15 is 0 Å². The van der Waals surface area contributed by atoms with E-state index in [1.807, 2.05) is 53.4 Å². The third-order valence-corrected chi connectivity index (χ3v) is 6.48. The molecule has 1 N–H and O–H groups in total. The molecule has 1 aromatic heterocycles. The molecule has 4 aromatic rings. The van der Waals surface area contributed by atoms with Crippen LogP contribution in [0.1, 0.15) is 11.3 Å². The van der Waals surface area contributed by atoms with Crippen molar-refractivity contribution in [2.24, 2.45) is 0 Å². The van der Waals surface area contributed by atoms with E-state index in [-0.39, 0.29) is 6.03 Å². The van der Waals surface area contributed by atoms with Crippen molar-refractivity contribution in [1.29, 1.82) is 0 Å². The molecule has 0 atom stereocenters. The number of amides is 2. The SMILES string of the molecule is COc1ccc(Cc2nnc(N3CCN(C(=O)Nc4ccc(OC)cc4)CC3)c3ccccc23)cc1. The van der Waals surface area contributed by atoms with Gasteiger partial charge in [0.05, 0.1) is 19.9 Å². The Balaban J connectivity index is 1.27. The molecule has 1 fully saturated rings. The number of hydrogen-bond donors (Lipinski definition) is 1. The summed E-state index contributed by atoms with van der Waals surface area (Å²) < 4.78 is 10.4. The maximum absolute atomic E-state index is 12.8. The minimum Gasteiger partial charge on any atom is -0.497 e. The minimum absolute atomic E-state index is 0.106. The van der Waals surface area contributed by atoms with E-state index in [0.29, 0.717) is 32.6 Å². The van der Waals surface area contributed by atoms with Crippen molar-refractivity contribution in [2.45, 2.75) is 6.42 Å². The number of fused-ring (bicyclic) bond motifs is 1. The number of benzene rings is 3. The van der Waals surface area contributed by atoms with Crippen molar-refractivity contribution >= 4 is 28.3 Å². The summed E-state index contributed by atoms with van der Waals surface area (Å²) in [6.07, 6.45) is 0.692. The zero-order valence-corrected chi connectivity index (χ0v) is 20.5. The van der Waals surface area contributed by atoms with Gasteiger partial charge in [0.1, 0.15) is 11.5 Å². The normalized spacial score (nSPS) is 13.5. The number of carbonyl (C=O) groups excluding carboxylic acids is 1. The van der Waals surface area contributed by atoms with Gasteiger partial charge in [0.25, 0.3) is 0 Å². The average Bonchev–Trinajstić information content (AvgIpc) is 2.94. The van der Waals surface area contributed by atoms with E-state index in [0.717, 1.165) is 45.0 Å². The Hall–Kier alpha value is -4.33. The number of nitrogens with one attached hydrogen (secondary N) is 1. The number of aromatic nitrogens is 2. The van der Waals surface area contributed by atoms with E-state index in [9.17, 15) is 4.79 Å². The molecule has 1 aliphatic rings. The Morgan fingerprint density at radius 3 is 2.06 bits per heavy atom. The summed E-state index contributed by atoms with van der Waals surface area (Å²) in [7, 11) is 3.29. The number of nitrogens with zero attached hydrogens (tertiary/aromatic N) is 4. The molecule has 2 amide bonds. The Labute approximate surface area is 210 Å². The minimum atomic E-state index is -0.106. The molecule has 36 heavy (non-hydrogen) atoms. The van der Waals surface area contributed by atoms with Crippen molar-refractivity contribution < 1.29 is 14.3 Å². The first-order valence-electron chi connectivity index (χ1n) is 12.0. The van der Waals surface area contributed by atoms with Crippen LogP contribution in [0.3, 0.4) is 0 Å². The van der Waals surface area contributed by atoms with Gasteiger partial charge in [-0.25, -0.2) is 4.79 Å². The molecule has 8 nitrogen and oxygen atoms in total. The van der Waals surface area contributed by atoms with Gasteiger partial charge >= 0.3 is 6.03 Å². The summed E-state index contributed by atoms with van der Waals surface area (Å²) in [5.41, 5.74) is 2.84. The molecule has 5 rings (SSSR count). The second-order valence-electron chi connectivity index (χ2n) is 8.67. The molecule has 0 aliphatic carbocycles. The predicted molar refractivity (Wildman–Crippen MR) is 141 cm³/mol. The summed E-state index contributed by atoms with van der Waals surface area (Å²) in [6, 6.07) is 23.5. The van der Waals surface area contributed by atoms with Gasteiger partial charge in [0, 0.05) is 49.1 Å². The summed E-state index contributed by atoms with van der Waals surface area (Å²) >= 11 is 0. The molecule has 1 aliphatic heterocycles. The second kappa shape index (κ2) is 10.5. The lowest BCUT2D eigenvalue weighted by atomic mass is 10.0. The highest BCUT2D eigenvalue weighted by molar-refractivity contribution is 5.94. The lowest BCUT2D eigenvalue weighted by Gasteiger charge is -2.35. The van der Waals surface area contributed by atoms with E-state index in [1.165, 1.54) is 0 Å². The number of ether oxygens (including phenoxy) is 2. The Bertz CT molecular complexity index is 1330. The number of piperazine rings is 1. The molecule has 184 valence electrons. The van der Waals surface area contributed by atoms with Crippen LogP contribution >= 0.6 is 0 Å². The van der Waals surface area contributed by atoms with Gasteiger partial charge in [-0.3, -0.25) is 0 Å². The molecule has 8 heteroatoms. The zero-order chi connectivity index (χ0) is 24.9. The van der Waals surface area contributed by atoms with E-state index in [1.54, 1.807) is 14.2 Å². The molecular weight excluding hydrogens is 454 g/mol. The second-order valence-corrected chi connectivity index (χ2v) is 8.67. The topological polar surface area (TPSA) is 79.8 Å². The zero-order valence-electron chi connectivity index (χ0n) is 20.5. The van der Waals surface area contributed by atoms with Crippen LogP contribution in [-0.2, 0) is 6.42 Å². The lowest BCUT2D eigenvalue weighted by molar-refractivity contribution is 0.208. The molecule has 2 heterocycles. The van der Waals surface area contributed by atoms with Gasteiger partial charge in [0.15, 0.2) is 5.82 Å². The van der Waals surface area contributed by atoms with Crippen molar-refractivity contribution in [2.75, 3.05) is 50.6 Å². The monoisotopic (exact) mass is 483 g/mol. The van der Waals surface area contributed by atoms with Crippen LogP contribution in [-0.4, -0.2) is 61.5 Å². The molecule has 0 unspecified atom stereocenters. The molecule has 0 spiro atoms. The van der Waals surface area contributed by atoms with Crippen molar-refractivity contribution in [3.8, 4) is 11.5 Å². The van der Waals surface area contributed by atoms with Crippen molar-refractivity contribution in [3.05, 3.63) is 84.1 Å². The largest absolute Gasteiger partial charge is 0.497 e. The number of carbonyl (C=O) groups is 1. The van der Waals surface area contributed by atoms with Gasteiger partial charge in [0.2, 0.25) is 0 Å². The van der Waals surface area contributed by atoms with Crippen LogP contribution in [0.25, 0.3) is 10.8 Å². The molecule has 3 aromatic carbocycles. The third-order valence-electron chi connectivity index (χ3n) is 6.48. The molecular formula is C28H29N5O3. The first kappa shape index (κ1) is 23.4. The summed E-state index contributed by atoms with van der Waals surface area (Å²) in [5, 5.41) is 14.4. The molecule has 0 radical (unpaired) electrons. The number of urea groups is 1. The molecule has 0 saturated carbocycles. The van der Waals surface area contributed by atoms with Crippen LogP contribution in [0.2, 0.25) is 0 Å². The predicted octanol–water partition coefficient (Wildman–Crippen LogP) is 4.59. The van der Waals surface area contributed by atoms with E-state index < -0.39 is 0 Å². The first-order chi connectivity index (χ1) is 17.6. The molecule has 0 bridgehead atoms. The summed E-state index contributed by atoms with van der Waals surface area (Å²) in [4.78, 5) is 16.8. The van der Waals surface area contributed by atoms with Gasteiger partial charge < -0.3 is 24.6 Å². The van der Waals surface area contributed by atoms with Crippen LogP contribution in [0.5, 0.6) is 11.5 Å². The maximum Gasteiger partial charge on any atom is 0.321 e. The van der Waals surface area contributed by atoms with Crippen LogP contribution < -0.4 is 19.7 Å². The van der Waals surface area contributed by atoms with E-state index in [2.05, 4.69) is 44.7 Å². The number of anilines is 2. The number of rotatable bonds is 6. The lowest BCUT2D eigenvalue weighted by Crippen LogP contribution is -2.50. The fraction of sp³-hybridized carbons (Fsp3) is 0.250. The highest BCUT2D eigenvalue weighted by atomic mass is 16.5. The Kier molecular flexibility index (Phi) is 6.84. The molecule has 1 saturated heterocycles. The quantitative estimate of drug-likeness (QED) is 0.432. The highest BCUT2D eigenvalue weighted by Gasteiger charge is 2.24. The van der Waals surface area contributed by atoms with Crippen LogP contribution in [0.4, 0.5) is 16.3 Å². The van der Waals surface area contributed by atoms with Crippen LogP contribution in [0.15, 0.2) is 72.8 Å². The fourth-order valence-electron chi connectivity index (χ4n) is 4.44. The van der Waals surface area contributed by atoms with Crippen molar-refractivity contribution in [1.82, 2.24) is 15.1 Å². The number of hydrogen-bond acceptors (Lipinski definition) is 6. The van der Waals surface area contributed by atoms with Gasteiger partial charge in [-0.15, -0.1) is 5.10 Å². The average molecular weight is 484 g/mol. The van der Waals surface area contributed by atoms with Gasteiger partial charge in [-0.1, -0.05) is 36.4 Å². The Morgan fingerprint density at radius 1 is 0.806 bits per heavy atom.